The predicted molar refractivity (Wildman–Crippen MR) is 135 cm³/mol. The third-order valence-electron chi connectivity index (χ3n) is 5.34. The van der Waals surface area contributed by atoms with Gasteiger partial charge in [-0.3, -0.25) is 4.79 Å². The Labute approximate surface area is 205 Å². The zero-order valence-corrected chi connectivity index (χ0v) is 20.0. The molecule has 0 aliphatic rings. The molecule has 1 N–H and O–H groups in total. The van der Waals surface area contributed by atoms with E-state index in [-0.39, 0.29) is 18.2 Å². The second-order valence-corrected chi connectivity index (χ2v) is 9.24. The van der Waals surface area contributed by atoms with Gasteiger partial charge in [-0.1, -0.05) is 35.0 Å². The van der Waals surface area contributed by atoms with Crippen LogP contribution in [0.5, 0.6) is 5.75 Å². The normalized spacial score (nSPS) is 11.0. The first-order valence-electron chi connectivity index (χ1n) is 10.6. The van der Waals surface area contributed by atoms with E-state index in [9.17, 15) is 4.79 Å². The van der Waals surface area contributed by atoms with Crippen molar-refractivity contribution in [2.75, 3.05) is 5.32 Å². The average Bonchev–Trinajstić information content (AvgIpc) is 3.42. The molecule has 0 atom stereocenters. The van der Waals surface area contributed by atoms with E-state index in [4.69, 9.17) is 25.8 Å². The Morgan fingerprint density at radius 1 is 1.09 bits per heavy atom. The number of para-hydroxylation sites is 1. The quantitative estimate of drug-likeness (QED) is 0.276. The van der Waals surface area contributed by atoms with E-state index in [1.807, 2.05) is 42.5 Å². The lowest BCUT2D eigenvalue weighted by Crippen LogP contribution is -2.15. The Morgan fingerprint density at radius 2 is 1.88 bits per heavy atom. The molecule has 3 aromatic carbocycles. The number of benzene rings is 3. The van der Waals surface area contributed by atoms with E-state index in [0.717, 1.165) is 20.8 Å². The lowest BCUT2D eigenvalue weighted by Gasteiger charge is -2.09. The molecule has 34 heavy (non-hydrogen) atoms. The number of carbonyl (C=O) groups is 1. The molecule has 5 aromatic rings. The Kier molecular flexibility index (Phi) is 6.04. The fourth-order valence-electron chi connectivity index (χ4n) is 3.49. The standard InChI is InChI=1S/C26H20ClN3O3S/c1-15-7-12-21-23(13-15)34-26(29-21)17-8-10-18(11-9-17)28-25(31)24-19(16(2)33-30-24)14-32-22-6-4-3-5-20(22)27/h3-13H,14H2,1-2H3,(H,28,31). The summed E-state index contributed by atoms with van der Waals surface area (Å²) in [6.07, 6.45) is 0. The van der Waals surface area contributed by atoms with Gasteiger partial charge in [-0.25, -0.2) is 4.98 Å². The topological polar surface area (TPSA) is 77.3 Å². The van der Waals surface area contributed by atoms with E-state index in [1.54, 1.807) is 30.4 Å². The van der Waals surface area contributed by atoms with Gasteiger partial charge in [0.15, 0.2) is 5.69 Å². The second kappa shape index (κ2) is 9.29. The number of thiazole rings is 1. The lowest BCUT2D eigenvalue weighted by atomic mass is 10.1. The van der Waals surface area contributed by atoms with Crippen LogP contribution in [0.15, 0.2) is 71.3 Å². The number of fused-ring (bicyclic) bond motifs is 1. The summed E-state index contributed by atoms with van der Waals surface area (Å²) >= 11 is 7.80. The van der Waals surface area contributed by atoms with Crippen LogP contribution in [0.2, 0.25) is 5.02 Å². The van der Waals surface area contributed by atoms with Crippen molar-refractivity contribution < 1.29 is 14.1 Å². The third kappa shape index (κ3) is 4.53. The number of rotatable bonds is 6. The maximum Gasteiger partial charge on any atom is 0.278 e. The summed E-state index contributed by atoms with van der Waals surface area (Å²) in [5, 5.41) is 8.24. The molecule has 0 saturated heterocycles. The Bertz CT molecular complexity index is 1490. The minimum Gasteiger partial charge on any atom is -0.487 e. The van der Waals surface area contributed by atoms with Gasteiger partial charge in [0.05, 0.1) is 20.8 Å². The fourth-order valence-corrected chi connectivity index (χ4v) is 4.75. The molecule has 2 aromatic heterocycles. The molecule has 0 spiro atoms. The van der Waals surface area contributed by atoms with Crippen LogP contribution in [0.25, 0.3) is 20.8 Å². The Morgan fingerprint density at radius 3 is 2.68 bits per heavy atom. The molecular formula is C26H20ClN3O3S. The molecule has 0 radical (unpaired) electrons. The summed E-state index contributed by atoms with van der Waals surface area (Å²) in [5.74, 6) is 0.660. The van der Waals surface area contributed by atoms with Gasteiger partial charge in [-0.05, 0) is 67.9 Å². The number of carbonyl (C=O) groups excluding carboxylic acids is 1. The molecule has 8 heteroatoms. The molecule has 0 aliphatic heterocycles. The molecule has 0 saturated carbocycles. The van der Waals surface area contributed by atoms with Crippen LogP contribution in [0.1, 0.15) is 27.4 Å². The minimum absolute atomic E-state index is 0.109. The van der Waals surface area contributed by atoms with Crippen LogP contribution in [0.3, 0.4) is 0 Å². The number of hydrogen-bond acceptors (Lipinski definition) is 6. The van der Waals surface area contributed by atoms with Gasteiger partial charge in [-0.2, -0.15) is 0 Å². The van der Waals surface area contributed by atoms with Crippen LogP contribution < -0.4 is 10.1 Å². The summed E-state index contributed by atoms with van der Waals surface area (Å²) in [5.41, 5.74) is 4.57. The highest BCUT2D eigenvalue weighted by atomic mass is 35.5. The van der Waals surface area contributed by atoms with Crippen molar-refractivity contribution in [3.05, 3.63) is 94.3 Å². The van der Waals surface area contributed by atoms with Crippen LogP contribution in [-0.2, 0) is 6.61 Å². The van der Waals surface area contributed by atoms with E-state index >= 15 is 0 Å². The van der Waals surface area contributed by atoms with Gasteiger partial charge in [0, 0.05) is 11.3 Å². The molecular weight excluding hydrogens is 470 g/mol. The van der Waals surface area contributed by atoms with E-state index in [0.29, 0.717) is 27.8 Å². The van der Waals surface area contributed by atoms with Crippen LogP contribution in [0, 0.1) is 13.8 Å². The fraction of sp³-hybridized carbons (Fsp3) is 0.115. The monoisotopic (exact) mass is 489 g/mol. The van der Waals surface area contributed by atoms with Crippen LogP contribution >= 0.6 is 22.9 Å². The number of ether oxygens (including phenoxy) is 1. The number of halogens is 1. The lowest BCUT2D eigenvalue weighted by molar-refractivity contribution is 0.101. The van der Waals surface area contributed by atoms with E-state index in [1.165, 1.54) is 5.56 Å². The maximum absolute atomic E-state index is 12.9. The van der Waals surface area contributed by atoms with Crippen molar-refractivity contribution in [2.45, 2.75) is 20.5 Å². The van der Waals surface area contributed by atoms with Crippen LogP contribution in [0.4, 0.5) is 5.69 Å². The minimum atomic E-state index is -0.377. The van der Waals surface area contributed by atoms with Gasteiger partial charge >= 0.3 is 0 Å². The molecule has 2 heterocycles. The van der Waals surface area contributed by atoms with Gasteiger partial charge in [0.25, 0.3) is 5.91 Å². The van der Waals surface area contributed by atoms with Crippen molar-refractivity contribution in [1.29, 1.82) is 0 Å². The van der Waals surface area contributed by atoms with Crippen molar-refractivity contribution in [1.82, 2.24) is 10.1 Å². The maximum atomic E-state index is 12.9. The highest BCUT2D eigenvalue weighted by Crippen LogP contribution is 2.31. The van der Waals surface area contributed by atoms with Gasteiger partial charge in [-0.15, -0.1) is 11.3 Å². The zero-order chi connectivity index (χ0) is 23.7. The number of hydrogen-bond donors (Lipinski definition) is 1. The van der Waals surface area contributed by atoms with Crippen molar-refractivity contribution in [3.63, 3.8) is 0 Å². The zero-order valence-electron chi connectivity index (χ0n) is 18.5. The summed E-state index contributed by atoms with van der Waals surface area (Å²) < 4.78 is 12.2. The first-order valence-corrected chi connectivity index (χ1v) is 11.8. The number of aryl methyl sites for hydroxylation is 2. The Balaban J connectivity index is 1.30. The molecule has 6 nitrogen and oxygen atoms in total. The molecule has 0 unspecified atom stereocenters. The van der Waals surface area contributed by atoms with E-state index in [2.05, 4.69) is 29.5 Å². The molecule has 5 rings (SSSR count). The van der Waals surface area contributed by atoms with Gasteiger partial charge in [0.2, 0.25) is 0 Å². The second-order valence-electron chi connectivity index (χ2n) is 7.81. The number of nitrogens with one attached hydrogen (secondary N) is 1. The largest absolute Gasteiger partial charge is 0.487 e. The molecule has 0 bridgehead atoms. The summed E-state index contributed by atoms with van der Waals surface area (Å²) in [6.45, 7) is 3.92. The first-order chi connectivity index (χ1) is 16.5. The van der Waals surface area contributed by atoms with Crippen molar-refractivity contribution in [2.24, 2.45) is 0 Å². The highest BCUT2D eigenvalue weighted by molar-refractivity contribution is 7.21. The summed E-state index contributed by atoms with van der Waals surface area (Å²) in [7, 11) is 0. The van der Waals surface area contributed by atoms with Crippen molar-refractivity contribution >= 4 is 44.7 Å². The molecule has 0 aliphatic carbocycles. The first kappa shape index (κ1) is 22.1. The summed E-state index contributed by atoms with van der Waals surface area (Å²) in [4.78, 5) is 17.6. The average molecular weight is 490 g/mol. The summed E-state index contributed by atoms with van der Waals surface area (Å²) in [6, 6.07) is 21.0. The third-order valence-corrected chi connectivity index (χ3v) is 6.72. The van der Waals surface area contributed by atoms with Gasteiger partial charge < -0.3 is 14.6 Å². The van der Waals surface area contributed by atoms with Crippen LogP contribution in [-0.4, -0.2) is 16.0 Å². The SMILES string of the molecule is Cc1ccc2nc(-c3ccc(NC(=O)c4noc(C)c4COc4ccccc4Cl)cc3)sc2c1. The predicted octanol–water partition coefficient (Wildman–Crippen LogP) is 7.05. The smallest absolute Gasteiger partial charge is 0.278 e. The Hall–Kier alpha value is -3.68. The highest BCUT2D eigenvalue weighted by Gasteiger charge is 2.21. The number of aromatic nitrogens is 2. The van der Waals surface area contributed by atoms with Gasteiger partial charge in [0.1, 0.15) is 23.1 Å². The number of nitrogens with zero attached hydrogens (tertiary/aromatic N) is 2. The van der Waals surface area contributed by atoms with Crippen molar-refractivity contribution in [3.8, 4) is 16.3 Å². The molecule has 1 amide bonds. The number of anilines is 1. The van der Waals surface area contributed by atoms with E-state index < -0.39 is 0 Å². The number of amides is 1. The molecule has 170 valence electrons. The molecule has 0 fully saturated rings.